The van der Waals surface area contributed by atoms with E-state index < -0.39 is 0 Å². The molecule has 6 nitrogen and oxygen atoms in total. The molecule has 1 atom stereocenters. The summed E-state index contributed by atoms with van der Waals surface area (Å²) in [6.07, 6.45) is 3.91. The number of carbonyl (C=O) groups is 1. The first-order valence-corrected chi connectivity index (χ1v) is 8.22. The Bertz CT molecular complexity index is 707. The zero-order valence-corrected chi connectivity index (χ0v) is 14.4. The van der Waals surface area contributed by atoms with Gasteiger partial charge in [0.2, 0.25) is 5.91 Å². The van der Waals surface area contributed by atoms with Gasteiger partial charge in [-0.15, -0.1) is 0 Å². The number of ether oxygens (including phenoxy) is 1. The highest BCUT2D eigenvalue weighted by atomic mass is 16.5. The number of nitrogens with zero attached hydrogens (tertiary/aromatic N) is 3. The fraction of sp³-hybridized carbons (Fsp3) is 0.444. The first-order valence-electron chi connectivity index (χ1n) is 8.22. The Morgan fingerprint density at radius 3 is 2.83 bits per heavy atom. The van der Waals surface area contributed by atoms with Crippen LogP contribution in [0.15, 0.2) is 36.7 Å². The topological polar surface area (TPSA) is 59.4 Å². The predicted octanol–water partition coefficient (Wildman–Crippen LogP) is 1.93. The summed E-state index contributed by atoms with van der Waals surface area (Å²) in [4.78, 5) is 14.4. The van der Waals surface area contributed by atoms with Gasteiger partial charge in [-0.05, 0) is 25.5 Å². The number of benzene rings is 1. The second kappa shape index (κ2) is 7.05. The van der Waals surface area contributed by atoms with E-state index in [1.54, 1.807) is 7.11 Å². The standard InChI is InChI=1S/C18H24N4O2/c1-13-8-19-22(9-13)15-10-21(11-15)12-18(23)20-14(2)16-6-4-5-7-17(16)24-3/h4-9,14-15H,10-12H2,1-3H3,(H,20,23)/t14-/m1/s1. The molecule has 1 aromatic heterocycles. The molecule has 6 heteroatoms. The molecule has 3 rings (SSSR count). The molecule has 2 heterocycles. The number of amides is 1. The maximum Gasteiger partial charge on any atom is 0.234 e. The number of hydrogen-bond donors (Lipinski definition) is 1. The molecule has 24 heavy (non-hydrogen) atoms. The number of carbonyl (C=O) groups excluding carboxylic acids is 1. The molecule has 0 saturated carbocycles. The van der Waals surface area contributed by atoms with Crippen LogP contribution < -0.4 is 10.1 Å². The third-order valence-electron chi connectivity index (χ3n) is 4.39. The van der Waals surface area contributed by atoms with Gasteiger partial charge in [-0.2, -0.15) is 5.10 Å². The number of rotatable bonds is 6. The van der Waals surface area contributed by atoms with Crippen LogP contribution in [-0.2, 0) is 4.79 Å². The number of para-hydroxylation sites is 1. The van der Waals surface area contributed by atoms with Gasteiger partial charge >= 0.3 is 0 Å². The van der Waals surface area contributed by atoms with E-state index in [1.165, 1.54) is 0 Å². The Morgan fingerprint density at radius 1 is 1.42 bits per heavy atom. The maximum absolute atomic E-state index is 12.3. The van der Waals surface area contributed by atoms with E-state index in [0.717, 1.165) is 30.0 Å². The van der Waals surface area contributed by atoms with Crippen LogP contribution in [0, 0.1) is 6.92 Å². The molecular weight excluding hydrogens is 304 g/mol. The van der Waals surface area contributed by atoms with Gasteiger partial charge in [-0.25, -0.2) is 0 Å². The summed E-state index contributed by atoms with van der Waals surface area (Å²) in [5, 5.41) is 7.38. The average Bonchev–Trinajstić information content (AvgIpc) is 2.96. The minimum atomic E-state index is -0.0838. The molecule has 1 aliphatic heterocycles. The lowest BCUT2D eigenvalue weighted by Crippen LogP contribution is -2.51. The first-order chi connectivity index (χ1) is 11.6. The fourth-order valence-corrected chi connectivity index (χ4v) is 3.06. The number of likely N-dealkylation sites (tertiary alicyclic amines) is 1. The van der Waals surface area contributed by atoms with Crippen molar-refractivity contribution in [3.05, 3.63) is 47.8 Å². The molecule has 0 radical (unpaired) electrons. The van der Waals surface area contributed by atoms with Gasteiger partial charge in [0.05, 0.1) is 31.9 Å². The Balaban J connectivity index is 1.48. The lowest BCUT2D eigenvalue weighted by atomic mass is 10.1. The normalized spacial score (nSPS) is 16.5. The van der Waals surface area contributed by atoms with Crippen molar-refractivity contribution in [1.82, 2.24) is 20.0 Å². The van der Waals surface area contributed by atoms with Crippen LogP contribution in [0.1, 0.15) is 30.1 Å². The SMILES string of the molecule is COc1ccccc1[C@@H](C)NC(=O)CN1CC(n2cc(C)cn2)C1. The van der Waals surface area contributed by atoms with Crippen LogP contribution in [0.5, 0.6) is 5.75 Å². The summed E-state index contributed by atoms with van der Waals surface area (Å²) in [7, 11) is 1.64. The van der Waals surface area contributed by atoms with E-state index in [9.17, 15) is 4.79 Å². The summed E-state index contributed by atoms with van der Waals surface area (Å²) in [5.41, 5.74) is 2.15. The maximum atomic E-state index is 12.3. The van der Waals surface area contributed by atoms with Crippen molar-refractivity contribution in [2.45, 2.75) is 25.9 Å². The summed E-state index contributed by atoms with van der Waals surface area (Å²) in [6, 6.07) is 8.05. The second-order valence-corrected chi connectivity index (χ2v) is 6.38. The Kier molecular flexibility index (Phi) is 4.85. The van der Waals surface area contributed by atoms with Crippen LogP contribution in [0.3, 0.4) is 0 Å². The highest BCUT2D eigenvalue weighted by molar-refractivity contribution is 5.78. The molecule has 1 aliphatic rings. The van der Waals surface area contributed by atoms with Gasteiger partial charge in [-0.3, -0.25) is 14.4 Å². The van der Waals surface area contributed by atoms with Crippen LogP contribution >= 0.6 is 0 Å². The van der Waals surface area contributed by atoms with Crippen molar-refractivity contribution in [2.75, 3.05) is 26.7 Å². The minimum absolute atomic E-state index is 0.0310. The quantitative estimate of drug-likeness (QED) is 0.880. The molecule has 1 N–H and O–H groups in total. The molecule has 1 fully saturated rings. The molecule has 1 saturated heterocycles. The first kappa shape index (κ1) is 16.5. The molecule has 1 amide bonds. The van der Waals surface area contributed by atoms with Gasteiger partial charge < -0.3 is 10.1 Å². The number of aryl methyl sites for hydroxylation is 1. The Hall–Kier alpha value is -2.34. The van der Waals surface area contributed by atoms with E-state index in [0.29, 0.717) is 12.6 Å². The van der Waals surface area contributed by atoms with E-state index >= 15 is 0 Å². The van der Waals surface area contributed by atoms with Gasteiger partial charge in [0.25, 0.3) is 0 Å². The molecule has 0 spiro atoms. The van der Waals surface area contributed by atoms with E-state index in [2.05, 4.69) is 15.3 Å². The smallest absolute Gasteiger partial charge is 0.234 e. The third kappa shape index (κ3) is 3.59. The third-order valence-corrected chi connectivity index (χ3v) is 4.39. The van der Waals surface area contributed by atoms with Crippen molar-refractivity contribution >= 4 is 5.91 Å². The van der Waals surface area contributed by atoms with Crippen molar-refractivity contribution in [3.63, 3.8) is 0 Å². The lowest BCUT2D eigenvalue weighted by molar-refractivity contribution is -0.124. The van der Waals surface area contributed by atoms with Crippen LogP contribution in [0.4, 0.5) is 0 Å². The fourth-order valence-electron chi connectivity index (χ4n) is 3.06. The van der Waals surface area contributed by atoms with Gasteiger partial charge in [0.1, 0.15) is 5.75 Å². The van der Waals surface area contributed by atoms with Gasteiger partial charge in [0.15, 0.2) is 0 Å². The zero-order valence-electron chi connectivity index (χ0n) is 14.4. The molecule has 0 bridgehead atoms. The average molecular weight is 328 g/mol. The number of methoxy groups -OCH3 is 1. The van der Waals surface area contributed by atoms with E-state index in [4.69, 9.17) is 4.74 Å². The molecule has 128 valence electrons. The molecule has 2 aromatic rings. The van der Waals surface area contributed by atoms with E-state index in [1.807, 2.05) is 55.2 Å². The van der Waals surface area contributed by atoms with Crippen molar-refractivity contribution in [3.8, 4) is 5.75 Å². The summed E-state index contributed by atoms with van der Waals surface area (Å²) in [6.45, 7) is 6.14. The van der Waals surface area contributed by atoms with Crippen LogP contribution in [0.2, 0.25) is 0 Å². The monoisotopic (exact) mass is 328 g/mol. The lowest BCUT2D eigenvalue weighted by Gasteiger charge is -2.38. The Morgan fingerprint density at radius 2 is 2.17 bits per heavy atom. The van der Waals surface area contributed by atoms with Crippen molar-refractivity contribution in [1.29, 1.82) is 0 Å². The number of hydrogen-bond acceptors (Lipinski definition) is 4. The summed E-state index contributed by atoms with van der Waals surface area (Å²) in [5.74, 6) is 0.826. The van der Waals surface area contributed by atoms with E-state index in [-0.39, 0.29) is 11.9 Å². The Labute approximate surface area is 142 Å². The molecule has 0 aliphatic carbocycles. The highest BCUT2D eigenvalue weighted by Gasteiger charge is 2.30. The van der Waals surface area contributed by atoms with Crippen molar-refractivity contribution in [2.24, 2.45) is 0 Å². The molecular formula is C18H24N4O2. The van der Waals surface area contributed by atoms with Gasteiger partial charge in [-0.1, -0.05) is 18.2 Å². The molecule has 1 aromatic carbocycles. The minimum Gasteiger partial charge on any atom is -0.496 e. The molecule has 0 unspecified atom stereocenters. The van der Waals surface area contributed by atoms with Crippen LogP contribution in [0.25, 0.3) is 0 Å². The van der Waals surface area contributed by atoms with Crippen molar-refractivity contribution < 1.29 is 9.53 Å². The predicted molar refractivity (Wildman–Crippen MR) is 92.0 cm³/mol. The number of nitrogens with one attached hydrogen (secondary N) is 1. The second-order valence-electron chi connectivity index (χ2n) is 6.38. The summed E-state index contributed by atoms with van der Waals surface area (Å²) < 4.78 is 7.34. The van der Waals surface area contributed by atoms with Crippen LogP contribution in [-0.4, -0.2) is 47.3 Å². The largest absolute Gasteiger partial charge is 0.496 e. The van der Waals surface area contributed by atoms with Gasteiger partial charge in [0, 0.05) is 24.8 Å². The number of aromatic nitrogens is 2. The summed E-state index contributed by atoms with van der Waals surface area (Å²) >= 11 is 0. The highest BCUT2D eigenvalue weighted by Crippen LogP contribution is 2.24. The zero-order chi connectivity index (χ0) is 17.1.